The zero-order valence-corrected chi connectivity index (χ0v) is 12.6. The van der Waals surface area contributed by atoms with Crippen LogP contribution >= 0.6 is 0 Å². The molecule has 1 aliphatic rings. The molecule has 0 unspecified atom stereocenters. The largest absolute Gasteiger partial charge is 0.362 e. The van der Waals surface area contributed by atoms with E-state index in [0.717, 1.165) is 19.3 Å². The number of nitrogens with zero attached hydrogens (tertiary/aromatic N) is 3. The molecule has 0 aromatic carbocycles. The molecule has 1 saturated heterocycles. The third kappa shape index (κ3) is 3.17. The van der Waals surface area contributed by atoms with Gasteiger partial charge >= 0.3 is 5.69 Å². The summed E-state index contributed by atoms with van der Waals surface area (Å²) in [6.45, 7) is 1.97. The van der Waals surface area contributed by atoms with E-state index < -0.39 is 10.8 Å². The fraction of sp³-hybridized carbons (Fsp3) is 0.750. The Morgan fingerprint density at radius 3 is 2.70 bits per heavy atom. The molecular formula is C12H20N4O3S. The first-order valence-corrected chi connectivity index (χ1v) is 8.33. The number of aromatic nitrogens is 2. The molecule has 1 aliphatic heterocycles. The quantitative estimate of drug-likeness (QED) is 0.659. The molecule has 7 nitrogen and oxygen atoms in total. The van der Waals surface area contributed by atoms with Gasteiger partial charge < -0.3 is 5.32 Å². The molecule has 20 heavy (non-hydrogen) atoms. The molecule has 2 heterocycles. The predicted octanol–water partition coefficient (Wildman–Crippen LogP) is 1.60. The smallest absolute Gasteiger partial charge is 0.333 e. The van der Waals surface area contributed by atoms with E-state index in [1.165, 1.54) is 0 Å². The minimum atomic E-state index is -0.733. The summed E-state index contributed by atoms with van der Waals surface area (Å²) < 4.78 is 12.9. The van der Waals surface area contributed by atoms with E-state index in [2.05, 4.69) is 10.4 Å². The lowest BCUT2D eigenvalue weighted by atomic mass is 10.1. The van der Waals surface area contributed by atoms with Gasteiger partial charge in [-0.1, -0.05) is 13.3 Å². The monoisotopic (exact) mass is 300 g/mol. The molecule has 1 aromatic heterocycles. The molecule has 0 atom stereocenters. The lowest BCUT2D eigenvalue weighted by Gasteiger charge is -2.22. The Morgan fingerprint density at radius 2 is 2.15 bits per heavy atom. The molecule has 0 spiro atoms. The van der Waals surface area contributed by atoms with E-state index in [4.69, 9.17) is 0 Å². The van der Waals surface area contributed by atoms with E-state index in [0.29, 0.717) is 29.4 Å². The highest BCUT2D eigenvalue weighted by atomic mass is 32.2. The molecule has 8 heteroatoms. The highest BCUT2D eigenvalue weighted by Crippen LogP contribution is 2.30. The van der Waals surface area contributed by atoms with Crippen LogP contribution in [0.25, 0.3) is 0 Å². The molecule has 0 saturated carbocycles. The summed E-state index contributed by atoms with van der Waals surface area (Å²) in [6, 6.07) is 0.135. The van der Waals surface area contributed by atoms with E-state index in [1.807, 2.05) is 6.92 Å². The summed E-state index contributed by atoms with van der Waals surface area (Å²) in [5, 5.41) is 18.8. The zero-order valence-electron chi connectivity index (χ0n) is 11.8. The third-order valence-electron chi connectivity index (χ3n) is 3.49. The Balaban J connectivity index is 2.21. The first kappa shape index (κ1) is 15.0. The third-order valence-corrected chi connectivity index (χ3v) is 4.87. The van der Waals surface area contributed by atoms with Crippen LogP contribution in [0.15, 0.2) is 0 Å². The minimum Gasteiger partial charge on any atom is -0.362 e. The Labute approximate surface area is 120 Å². The topological polar surface area (TPSA) is 90.1 Å². The van der Waals surface area contributed by atoms with Crippen molar-refractivity contribution < 1.29 is 9.13 Å². The standard InChI is InChI=1S/C12H20N4O3S/c1-3-4-10-11(16(17)18)12(15(2)14-10)13-9-5-7-20(19)8-6-9/h9,13H,3-8H2,1-2H3. The SMILES string of the molecule is CCCc1nn(C)c(NC2CCS(=O)CC2)c1[N+](=O)[O-]. The van der Waals surface area contributed by atoms with Crippen LogP contribution < -0.4 is 5.32 Å². The lowest BCUT2D eigenvalue weighted by Crippen LogP contribution is -2.30. The van der Waals surface area contributed by atoms with Crippen molar-refractivity contribution in [3.8, 4) is 0 Å². The van der Waals surface area contributed by atoms with Crippen LogP contribution in [0.3, 0.4) is 0 Å². The van der Waals surface area contributed by atoms with Gasteiger partial charge in [-0.25, -0.2) is 4.68 Å². The van der Waals surface area contributed by atoms with Crippen LogP contribution in [-0.2, 0) is 24.3 Å². The van der Waals surface area contributed by atoms with E-state index in [-0.39, 0.29) is 16.7 Å². The number of rotatable bonds is 5. The van der Waals surface area contributed by atoms with Crippen molar-refractivity contribution in [1.29, 1.82) is 0 Å². The minimum absolute atomic E-state index is 0.0843. The second-order valence-electron chi connectivity index (χ2n) is 5.04. The van der Waals surface area contributed by atoms with Gasteiger partial charge in [0.25, 0.3) is 0 Å². The number of nitrogens with one attached hydrogen (secondary N) is 1. The van der Waals surface area contributed by atoms with E-state index in [9.17, 15) is 14.3 Å². The fourth-order valence-electron chi connectivity index (χ4n) is 2.46. The lowest BCUT2D eigenvalue weighted by molar-refractivity contribution is -0.384. The normalized spacial score (nSPS) is 22.7. The van der Waals surface area contributed by atoms with Gasteiger partial charge in [0.05, 0.1) is 4.92 Å². The Morgan fingerprint density at radius 1 is 1.50 bits per heavy atom. The Kier molecular flexibility index (Phi) is 4.74. The molecule has 1 fully saturated rings. The summed E-state index contributed by atoms with van der Waals surface area (Å²) in [7, 11) is 0.985. The van der Waals surface area contributed by atoms with Crippen molar-refractivity contribution in [2.75, 3.05) is 16.8 Å². The predicted molar refractivity (Wildman–Crippen MR) is 78.4 cm³/mol. The van der Waals surface area contributed by atoms with Gasteiger partial charge in [-0.15, -0.1) is 0 Å². The number of hydrogen-bond donors (Lipinski definition) is 1. The molecule has 0 bridgehead atoms. The van der Waals surface area contributed by atoms with Crippen LogP contribution in [0, 0.1) is 10.1 Å². The summed E-state index contributed by atoms with van der Waals surface area (Å²) in [5.74, 6) is 1.78. The fourth-order valence-corrected chi connectivity index (χ4v) is 3.76. The average molecular weight is 300 g/mol. The van der Waals surface area contributed by atoms with Gasteiger partial charge in [0.2, 0.25) is 5.82 Å². The van der Waals surface area contributed by atoms with Gasteiger partial charge in [-0.05, 0) is 19.3 Å². The number of nitro groups is 1. The number of hydrogen-bond acceptors (Lipinski definition) is 5. The highest BCUT2D eigenvalue weighted by Gasteiger charge is 2.28. The van der Waals surface area contributed by atoms with Crippen LogP contribution in [-0.4, -0.2) is 36.5 Å². The van der Waals surface area contributed by atoms with Crippen molar-refractivity contribution in [2.24, 2.45) is 7.05 Å². The van der Waals surface area contributed by atoms with E-state index in [1.54, 1.807) is 11.7 Å². The van der Waals surface area contributed by atoms with Crippen molar-refractivity contribution >= 4 is 22.3 Å². The molecule has 0 radical (unpaired) electrons. The van der Waals surface area contributed by atoms with Gasteiger partial charge in [0.15, 0.2) is 0 Å². The Bertz CT molecular complexity index is 519. The first-order chi connectivity index (χ1) is 9.52. The zero-order chi connectivity index (χ0) is 14.7. The number of aryl methyl sites for hydroxylation is 2. The maximum Gasteiger partial charge on any atom is 0.333 e. The van der Waals surface area contributed by atoms with Gasteiger partial charge in [0.1, 0.15) is 5.69 Å². The maximum absolute atomic E-state index is 11.3. The van der Waals surface area contributed by atoms with Crippen molar-refractivity contribution in [3.63, 3.8) is 0 Å². The highest BCUT2D eigenvalue weighted by molar-refractivity contribution is 7.85. The Hall–Kier alpha value is -1.44. The molecule has 1 aromatic rings. The van der Waals surface area contributed by atoms with Crippen LogP contribution in [0.1, 0.15) is 31.9 Å². The van der Waals surface area contributed by atoms with Gasteiger partial charge in [0, 0.05) is 35.4 Å². The molecule has 112 valence electrons. The summed E-state index contributed by atoms with van der Waals surface area (Å²) in [6.07, 6.45) is 2.97. The van der Waals surface area contributed by atoms with Gasteiger partial charge in [-0.2, -0.15) is 5.10 Å². The molecule has 0 amide bonds. The average Bonchev–Trinajstić information content (AvgIpc) is 2.69. The van der Waals surface area contributed by atoms with Gasteiger partial charge in [-0.3, -0.25) is 14.3 Å². The summed E-state index contributed by atoms with van der Waals surface area (Å²) in [4.78, 5) is 10.9. The van der Waals surface area contributed by atoms with Crippen LogP contribution in [0.2, 0.25) is 0 Å². The maximum atomic E-state index is 11.3. The first-order valence-electron chi connectivity index (χ1n) is 6.84. The van der Waals surface area contributed by atoms with E-state index >= 15 is 0 Å². The second-order valence-corrected chi connectivity index (χ2v) is 6.74. The molecule has 0 aliphatic carbocycles. The molecule has 1 N–H and O–H groups in total. The van der Waals surface area contributed by atoms with Crippen LogP contribution in [0.5, 0.6) is 0 Å². The summed E-state index contributed by atoms with van der Waals surface area (Å²) in [5.41, 5.74) is 0.614. The van der Waals surface area contributed by atoms with Crippen molar-refractivity contribution in [2.45, 2.75) is 38.6 Å². The van der Waals surface area contributed by atoms with Crippen molar-refractivity contribution in [1.82, 2.24) is 9.78 Å². The molecular weight excluding hydrogens is 280 g/mol. The second kappa shape index (κ2) is 6.34. The molecule has 2 rings (SSSR count). The van der Waals surface area contributed by atoms with Crippen molar-refractivity contribution in [3.05, 3.63) is 15.8 Å². The summed E-state index contributed by atoms with van der Waals surface area (Å²) >= 11 is 0. The number of anilines is 1. The van der Waals surface area contributed by atoms with Crippen LogP contribution in [0.4, 0.5) is 11.5 Å².